The van der Waals surface area contributed by atoms with Crippen molar-refractivity contribution in [3.05, 3.63) is 75.6 Å². The van der Waals surface area contributed by atoms with E-state index in [-0.39, 0.29) is 11.5 Å². The van der Waals surface area contributed by atoms with E-state index < -0.39 is 0 Å². The van der Waals surface area contributed by atoms with E-state index in [4.69, 9.17) is 11.6 Å². The van der Waals surface area contributed by atoms with Gasteiger partial charge in [-0.05, 0) is 66.9 Å². The minimum Gasteiger partial charge on any atom is -0.347 e. The molecule has 0 amide bonds. The molecular weight excluding hydrogens is 335 g/mol. The molecule has 0 spiro atoms. The number of fused-ring (bicyclic) bond motifs is 2. The van der Waals surface area contributed by atoms with E-state index in [0.717, 1.165) is 42.9 Å². The number of halogens is 2. The molecule has 5 rings (SSSR count). The molecule has 1 unspecified atom stereocenters. The van der Waals surface area contributed by atoms with E-state index >= 15 is 0 Å². The van der Waals surface area contributed by atoms with Gasteiger partial charge in [-0.1, -0.05) is 23.7 Å². The predicted molar refractivity (Wildman–Crippen MR) is 98.7 cm³/mol. The SMILES string of the molecule is CN1CCN2C(=C3CC3)c3ccc(F)cc3CC12c1ccc(Cl)cc1. The molecule has 2 aromatic rings. The quantitative estimate of drug-likeness (QED) is 0.736. The number of nitrogens with zero attached hydrogens (tertiary/aromatic N) is 2. The predicted octanol–water partition coefficient (Wildman–Crippen LogP) is 4.64. The lowest BCUT2D eigenvalue weighted by Gasteiger charge is -2.49. The topological polar surface area (TPSA) is 6.48 Å². The lowest BCUT2D eigenvalue weighted by Crippen LogP contribution is -2.52. The largest absolute Gasteiger partial charge is 0.347 e. The molecule has 2 aromatic carbocycles. The Labute approximate surface area is 152 Å². The van der Waals surface area contributed by atoms with Gasteiger partial charge in [-0.2, -0.15) is 0 Å². The van der Waals surface area contributed by atoms with Crippen LogP contribution < -0.4 is 0 Å². The molecule has 0 radical (unpaired) electrons. The number of allylic oxidation sites excluding steroid dienone is 1. The Hall–Kier alpha value is -1.84. The van der Waals surface area contributed by atoms with Gasteiger partial charge >= 0.3 is 0 Å². The van der Waals surface area contributed by atoms with Gasteiger partial charge in [0.15, 0.2) is 0 Å². The Bertz CT molecular complexity index is 883. The fraction of sp³-hybridized carbons (Fsp3) is 0.333. The first-order valence-electron chi connectivity index (χ1n) is 8.85. The second-order valence-corrected chi connectivity index (χ2v) is 7.76. The van der Waals surface area contributed by atoms with Crippen molar-refractivity contribution >= 4 is 17.3 Å². The van der Waals surface area contributed by atoms with Crippen molar-refractivity contribution in [2.45, 2.75) is 24.9 Å². The maximum atomic E-state index is 14.0. The second kappa shape index (κ2) is 5.33. The van der Waals surface area contributed by atoms with Crippen LogP contribution in [0.3, 0.4) is 0 Å². The van der Waals surface area contributed by atoms with Crippen LogP contribution >= 0.6 is 11.6 Å². The third-order valence-electron chi connectivity index (χ3n) is 5.91. The van der Waals surface area contributed by atoms with E-state index in [9.17, 15) is 4.39 Å². The molecule has 2 heterocycles. The first kappa shape index (κ1) is 15.4. The van der Waals surface area contributed by atoms with E-state index in [0.29, 0.717) is 0 Å². The fourth-order valence-electron chi connectivity index (χ4n) is 4.58. The highest BCUT2D eigenvalue weighted by Gasteiger charge is 2.51. The minimum atomic E-state index is -0.254. The van der Waals surface area contributed by atoms with E-state index in [1.807, 2.05) is 18.2 Å². The van der Waals surface area contributed by atoms with Crippen LogP contribution in [0, 0.1) is 5.82 Å². The van der Waals surface area contributed by atoms with E-state index in [1.54, 1.807) is 12.1 Å². The summed E-state index contributed by atoms with van der Waals surface area (Å²) in [4.78, 5) is 4.96. The van der Waals surface area contributed by atoms with Crippen molar-refractivity contribution in [3.8, 4) is 0 Å². The summed E-state index contributed by atoms with van der Waals surface area (Å²) in [6.07, 6.45) is 3.10. The van der Waals surface area contributed by atoms with Crippen LogP contribution in [0.15, 0.2) is 48.0 Å². The van der Waals surface area contributed by atoms with Gasteiger partial charge in [0.05, 0.1) is 0 Å². The van der Waals surface area contributed by atoms with Gasteiger partial charge in [-0.25, -0.2) is 4.39 Å². The third-order valence-corrected chi connectivity index (χ3v) is 6.16. The number of likely N-dealkylation sites (N-methyl/N-ethyl adjacent to an activating group) is 1. The number of rotatable bonds is 1. The zero-order valence-corrected chi connectivity index (χ0v) is 15.0. The number of hydrogen-bond acceptors (Lipinski definition) is 2. The van der Waals surface area contributed by atoms with Crippen LogP contribution in [0.4, 0.5) is 4.39 Å². The summed E-state index contributed by atoms with van der Waals surface area (Å²) < 4.78 is 14.0. The summed E-state index contributed by atoms with van der Waals surface area (Å²) in [6.45, 7) is 1.99. The van der Waals surface area contributed by atoms with E-state index in [2.05, 4.69) is 29.0 Å². The van der Waals surface area contributed by atoms with Gasteiger partial charge in [-0.3, -0.25) is 4.90 Å². The van der Waals surface area contributed by atoms with Crippen molar-refractivity contribution in [1.29, 1.82) is 0 Å². The maximum Gasteiger partial charge on any atom is 0.124 e. The molecule has 1 atom stereocenters. The summed E-state index contributed by atoms with van der Waals surface area (Å²) in [5, 5.41) is 0.746. The molecule has 2 nitrogen and oxygen atoms in total. The zero-order valence-electron chi connectivity index (χ0n) is 14.2. The monoisotopic (exact) mass is 354 g/mol. The Morgan fingerprint density at radius 2 is 1.80 bits per heavy atom. The van der Waals surface area contributed by atoms with Crippen molar-refractivity contribution in [2.24, 2.45) is 0 Å². The van der Waals surface area contributed by atoms with Gasteiger partial charge in [0.2, 0.25) is 0 Å². The molecule has 0 aromatic heterocycles. The van der Waals surface area contributed by atoms with Crippen LogP contribution in [0.25, 0.3) is 5.70 Å². The summed E-state index contributed by atoms with van der Waals surface area (Å²) in [6, 6.07) is 13.4. The smallest absolute Gasteiger partial charge is 0.124 e. The third kappa shape index (κ3) is 2.19. The fourth-order valence-corrected chi connectivity index (χ4v) is 4.71. The summed E-state index contributed by atoms with van der Waals surface area (Å²) in [5.74, 6) is -0.153. The molecule has 1 saturated heterocycles. The van der Waals surface area contributed by atoms with Crippen molar-refractivity contribution in [1.82, 2.24) is 9.80 Å². The standard InChI is InChI=1S/C21H20ClFN2/c1-24-10-11-25-20(14-2-3-14)19-9-8-18(23)12-15(19)13-21(24,25)16-4-6-17(22)7-5-16/h4-9,12H,2-3,10-11,13H2,1H3. The Morgan fingerprint density at radius 3 is 2.52 bits per heavy atom. The zero-order chi connectivity index (χ0) is 17.2. The average molecular weight is 355 g/mol. The summed E-state index contributed by atoms with van der Waals surface area (Å²) in [5.41, 5.74) is 6.13. The molecule has 3 aliphatic rings. The number of benzene rings is 2. The highest BCUT2D eigenvalue weighted by Crippen LogP contribution is 2.52. The second-order valence-electron chi connectivity index (χ2n) is 7.33. The van der Waals surface area contributed by atoms with Crippen LogP contribution in [0.2, 0.25) is 5.02 Å². The molecule has 0 bridgehead atoms. The van der Waals surface area contributed by atoms with Crippen molar-refractivity contribution in [2.75, 3.05) is 20.1 Å². The maximum absolute atomic E-state index is 14.0. The molecule has 128 valence electrons. The molecule has 0 N–H and O–H groups in total. The van der Waals surface area contributed by atoms with Crippen LogP contribution in [0.1, 0.15) is 29.5 Å². The normalized spacial score (nSPS) is 25.2. The highest BCUT2D eigenvalue weighted by atomic mass is 35.5. The van der Waals surface area contributed by atoms with Crippen LogP contribution in [0.5, 0.6) is 0 Å². The van der Waals surface area contributed by atoms with Crippen LogP contribution in [-0.2, 0) is 12.1 Å². The first-order chi connectivity index (χ1) is 12.1. The Balaban J connectivity index is 1.76. The van der Waals surface area contributed by atoms with Gasteiger partial charge in [0.1, 0.15) is 11.5 Å². The molecule has 1 aliphatic carbocycles. The lowest BCUT2D eigenvalue weighted by atomic mass is 9.82. The van der Waals surface area contributed by atoms with E-state index in [1.165, 1.54) is 22.4 Å². The first-order valence-corrected chi connectivity index (χ1v) is 9.23. The van der Waals surface area contributed by atoms with Gasteiger partial charge in [0, 0.05) is 35.8 Å². The molecule has 25 heavy (non-hydrogen) atoms. The van der Waals surface area contributed by atoms with Gasteiger partial charge < -0.3 is 4.90 Å². The Kier molecular flexibility index (Phi) is 3.28. The highest BCUT2D eigenvalue weighted by molar-refractivity contribution is 6.30. The minimum absolute atomic E-state index is 0.153. The van der Waals surface area contributed by atoms with Gasteiger partial charge in [0.25, 0.3) is 0 Å². The molecule has 1 saturated carbocycles. The molecule has 2 fully saturated rings. The summed E-state index contributed by atoms with van der Waals surface area (Å²) in [7, 11) is 2.17. The Morgan fingerprint density at radius 1 is 1.04 bits per heavy atom. The lowest BCUT2D eigenvalue weighted by molar-refractivity contribution is 0.0621. The molecule has 2 aliphatic heterocycles. The van der Waals surface area contributed by atoms with Gasteiger partial charge in [-0.15, -0.1) is 0 Å². The van der Waals surface area contributed by atoms with Crippen molar-refractivity contribution in [3.63, 3.8) is 0 Å². The molecule has 4 heteroatoms. The average Bonchev–Trinajstić information content (AvgIpc) is 3.38. The molecular formula is C21H20ClFN2. The summed E-state index contributed by atoms with van der Waals surface area (Å²) >= 11 is 6.13. The van der Waals surface area contributed by atoms with Crippen molar-refractivity contribution < 1.29 is 4.39 Å². The number of hydrogen-bond donors (Lipinski definition) is 0. The van der Waals surface area contributed by atoms with Crippen LogP contribution in [-0.4, -0.2) is 29.9 Å².